The lowest BCUT2D eigenvalue weighted by atomic mass is 9.80. The maximum Gasteiger partial charge on any atom is 0.338 e. The summed E-state index contributed by atoms with van der Waals surface area (Å²) in [6, 6.07) is 2.46. The van der Waals surface area contributed by atoms with E-state index in [4.69, 9.17) is 5.11 Å². The lowest BCUT2D eigenvalue weighted by Gasteiger charge is -2.26. The fourth-order valence-corrected chi connectivity index (χ4v) is 1.94. The first-order chi connectivity index (χ1) is 9.18. The van der Waals surface area contributed by atoms with Gasteiger partial charge in [0.25, 0.3) is 0 Å². The van der Waals surface area contributed by atoms with E-state index >= 15 is 0 Å². The number of carboxylic acid groups (broad SMARTS) is 1. The zero-order valence-electron chi connectivity index (χ0n) is 12.1. The second-order valence-electron chi connectivity index (χ2n) is 6.31. The molecule has 0 fully saturated rings. The number of hydrogen-bond acceptors (Lipinski definition) is 2. The van der Waals surface area contributed by atoms with Crippen LogP contribution in [-0.4, -0.2) is 21.0 Å². The lowest BCUT2D eigenvalue weighted by Crippen LogP contribution is -2.19. The average Bonchev–Trinajstić information content (AvgIpc) is 2.67. The average molecular weight is 278 g/mol. The third kappa shape index (κ3) is 2.81. The van der Waals surface area contributed by atoms with Gasteiger partial charge in [-0.1, -0.05) is 27.7 Å². The monoisotopic (exact) mass is 278 g/mol. The molecular formula is C15H19FN2O2. The van der Waals surface area contributed by atoms with Gasteiger partial charge in [0, 0.05) is 12.5 Å². The summed E-state index contributed by atoms with van der Waals surface area (Å²) in [7, 11) is 0. The molecule has 0 amide bonds. The smallest absolute Gasteiger partial charge is 0.338 e. The second kappa shape index (κ2) is 4.89. The van der Waals surface area contributed by atoms with Crippen molar-refractivity contribution in [3.8, 4) is 0 Å². The van der Waals surface area contributed by atoms with Crippen molar-refractivity contribution in [3.05, 3.63) is 29.3 Å². The van der Waals surface area contributed by atoms with Crippen LogP contribution < -0.4 is 0 Å². The topological polar surface area (TPSA) is 66.0 Å². The number of carbonyl (C=O) groups is 1. The summed E-state index contributed by atoms with van der Waals surface area (Å²) in [5.74, 6) is -0.878. The van der Waals surface area contributed by atoms with E-state index in [1.807, 2.05) is 0 Å². The highest BCUT2D eigenvalue weighted by atomic mass is 19.1. The Bertz CT molecular complexity index is 656. The van der Waals surface area contributed by atoms with E-state index in [1.54, 1.807) is 0 Å². The van der Waals surface area contributed by atoms with Gasteiger partial charge >= 0.3 is 5.97 Å². The number of fused-ring (bicyclic) bond motifs is 1. The standard InChI is InChI=1S/C15H19FN2O2/c1-8(15(2,3)4)5-13-17-11-6-9(14(19)20)10(16)7-12(11)18-13/h6-8H,5H2,1-4H3,(H,17,18)(H,19,20). The van der Waals surface area contributed by atoms with Gasteiger partial charge in [-0.15, -0.1) is 0 Å². The highest BCUT2D eigenvalue weighted by Crippen LogP contribution is 2.28. The molecular weight excluding hydrogens is 259 g/mol. The molecule has 2 aromatic rings. The minimum Gasteiger partial charge on any atom is -0.478 e. The second-order valence-corrected chi connectivity index (χ2v) is 6.31. The van der Waals surface area contributed by atoms with Crippen molar-refractivity contribution >= 4 is 17.0 Å². The Hall–Kier alpha value is -1.91. The van der Waals surface area contributed by atoms with Crippen molar-refractivity contribution in [1.29, 1.82) is 0 Å². The lowest BCUT2D eigenvalue weighted by molar-refractivity contribution is 0.0692. The van der Waals surface area contributed by atoms with Gasteiger partial charge in [-0.2, -0.15) is 0 Å². The van der Waals surface area contributed by atoms with Crippen LogP contribution >= 0.6 is 0 Å². The molecule has 2 rings (SSSR count). The van der Waals surface area contributed by atoms with E-state index in [0.717, 1.165) is 12.2 Å². The number of carboxylic acids is 1. The number of aromatic nitrogens is 2. The number of halogens is 1. The molecule has 0 saturated carbocycles. The van der Waals surface area contributed by atoms with Crippen LogP contribution in [0.5, 0.6) is 0 Å². The molecule has 0 radical (unpaired) electrons. The minimum atomic E-state index is -1.28. The van der Waals surface area contributed by atoms with E-state index in [2.05, 4.69) is 37.7 Å². The van der Waals surface area contributed by atoms with Crippen LogP contribution in [0.1, 0.15) is 43.9 Å². The van der Waals surface area contributed by atoms with Gasteiger partial charge in [0.2, 0.25) is 0 Å². The van der Waals surface area contributed by atoms with Gasteiger partial charge in [0.05, 0.1) is 16.6 Å². The number of nitrogens with one attached hydrogen (secondary N) is 1. The summed E-state index contributed by atoms with van der Waals surface area (Å²) in [6.07, 6.45) is 0.738. The van der Waals surface area contributed by atoms with Gasteiger partial charge in [0.1, 0.15) is 11.6 Å². The first-order valence-electron chi connectivity index (χ1n) is 6.60. The molecule has 0 aliphatic heterocycles. The summed E-state index contributed by atoms with van der Waals surface area (Å²) in [4.78, 5) is 18.3. The van der Waals surface area contributed by atoms with Crippen molar-refractivity contribution < 1.29 is 14.3 Å². The van der Waals surface area contributed by atoms with Gasteiger partial charge in [0.15, 0.2) is 0 Å². The summed E-state index contributed by atoms with van der Waals surface area (Å²) in [5.41, 5.74) is 0.819. The van der Waals surface area contributed by atoms with E-state index in [9.17, 15) is 9.18 Å². The molecule has 4 nitrogen and oxygen atoms in total. The van der Waals surface area contributed by atoms with Crippen LogP contribution in [0, 0.1) is 17.2 Å². The number of hydrogen-bond donors (Lipinski definition) is 2. The van der Waals surface area contributed by atoms with Crippen LogP contribution in [0.4, 0.5) is 4.39 Å². The van der Waals surface area contributed by atoms with E-state index in [0.29, 0.717) is 17.0 Å². The van der Waals surface area contributed by atoms with Crippen LogP contribution in [0.15, 0.2) is 12.1 Å². The predicted octanol–water partition coefficient (Wildman–Crippen LogP) is 3.62. The number of aromatic carboxylic acids is 1. The Kier molecular flexibility index (Phi) is 3.54. The third-order valence-corrected chi connectivity index (χ3v) is 3.83. The summed E-state index contributed by atoms with van der Waals surface area (Å²) >= 11 is 0. The molecule has 1 unspecified atom stereocenters. The van der Waals surface area contributed by atoms with Crippen LogP contribution in [0.2, 0.25) is 0 Å². The van der Waals surface area contributed by atoms with Crippen molar-refractivity contribution in [2.24, 2.45) is 11.3 Å². The molecule has 1 atom stereocenters. The molecule has 0 spiro atoms. The number of imidazole rings is 1. The molecule has 20 heavy (non-hydrogen) atoms. The highest BCUT2D eigenvalue weighted by Gasteiger charge is 2.22. The fourth-order valence-electron chi connectivity index (χ4n) is 1.94. The Morgan fingerprint density at radius 2 is 2.10 bits per heavy atom. The maximum absolute atomic E-state index is 13.6. The zero-order chi connectivity index (χ0) is 15.1. The largest absolute Gasteiger partial charge is 0.478 e. The molecule has 0 aliphatic carbocycles. The van der Waals surface area contributed by atoms with E-state index in [-0.39, 0.29) is 11.0 Å². The quantitative estimate of drug-likeness (QED) is 0.901. The first kappa shape index (κ1) is 14.5. The molecule has 1 aromatic heterocycles. The van der Waals surface area contributed by atoms with E-state index < -0.39 is 11.8 Å². The van der Waals surface area contributed by atoms with Crippen LogP contribution in [-0.2, 0) is 6.42 Å². The SMILES string of the molecule is CC(Cc1nc2cc(C(=O)O)c(F)cc2[nH]1)C(C)(C)C. The molecule has 108 valence electrons. The predicted molar refractivity (Wildman–Crippen MR) is 75.3 cm³/mol. The number of H-pyrrole nitrogens is 1. The van der Waals surface area contributed by atoms with Gasteiger partial charge < -0.3 is 10.1 Å². The molecule has 0 aliphatic rings. The third-order valence-electron chi connectivity index (χ3n) is 3.83. The molecule has 2 N–H and O–H groups in total. The zero-order valence-corrected chi connectivity index (χ0v) is 12.1. The number of nitrogens with zero attached hydrogens (tertiary/aromatic N) is 1. The number of benzene rings is 1. The van der Waals surface area contributed by atoms with Gasteiger partial charge in [-0.3, -0.25) is 0 Å². The Morgan fingerprint density at radius 3 is 2.65 bits per heavy atom. The number of rotatable bonds is 3. The van der Waals surface area contributed by atoms with E-state index in [1.165, 1.54) is 12.1 Å². The Morgan fingerprint density at radius 1 is 1.45 bits per heavy atom. The molecule has 0 bridgehead atoms. The van der Waals surface area contributed by atoms with Gasteiger partial charge in [-0.05, 0) is 17.4 Å². The summed E-state index contributed by atoms with van der Waals surface area (Å²) in [5, 5.41) is 8.91. The maximum atomic E-state index is 13.6. The molecule has 1 heterocycles. The minimum absolute atomic E-state index is 0.149. The van der Waals surface area contributed by atoms with Crippen LogP contribution in [0.3, 0.4) is 0 Å². The van der Waals surface area contributed by atoms with Crippen LogP contribution in [0.25, 0.3) is 11.0 Å². The Balaban J connectivity index is 2.37. The fraction of sp³-hybridized carbons (Fsp3) is 0.467. The normalized spacial score (nSPS) is 13.7. The summed E-state index contributed by atoms with van der Waals surface area (Å²) in [6.45, 7) is 8.60. The van der Waals surface area contributed by atoms with Crippen molar-refractivity contribution in [2.45, 2.75) is 34.1 Å². The van der Waals surface area contributed by atoms with Gasteiger partial charge in [-0.25, -0.2) is 14.2 Å². The molecule has 5 heteroatoms. The van der Waals surface area contributed by atoms with Crippen molar-refractivity contribution in [3.63, 3.8) is 0 Å². The highest BCUT2D eigenvalue weighted by molar-refractivity contribution is 5.92. The Labute approximate surface area is 117 Å². The van der Waals surface area contributed by atoms with Crippen molar-refractivity contribution in [2.75, 3.05) is 0 Å². The first-order valence-corrected chi connectivity index (χ1v) is 6.60. The number of aromatic amines is 1. The molecule has 1 aromatic carbocycles. The summed E-state index contributed by atoms with van der Waals surface area (Å²) < 4.78 is 13.6. The molecule has 0 saturated heterocycles. The van der Waals surface area contributed by atoms with Crippen molar-refractivity contribution in [1.82, 2.24) is 9.97 Å².